The molecule has 0 radical (unpaired) electrons. The Labute approximate surface area is 192 Å². The number of nitrogens with zero attached hydrogens (tertiary/aromatic N) is 5. The number of hydrogen-bond donors (Lipinski definition) is 1. The van der Waals surface area contributed by atoms with Crippen LogP contribution in [0.1, 0.15) is 41.2 Å². The Bertz CT molecular complexity index is 1120. The van der Waals surface area contributed by atoms with Crippen LogP contribution in [0.3, 0.4) is 0 Å². The Hall–Kier alpha value is -2.83. The van der Waals surface area contributed by atoms with Gasteiger partial charge in [-0.05, 0) is 32.9 Å². The van der Waals surface area contributed by atoms with E-state index in [2.05, 4.69) is 25.3 Å². The van der Waals surface area contributed by atoms with E-state index in [9.17, 15) is 18.0 Å². The Morgan fingerprint density at radius 1 is 1.24 bits per heavy atom. The number of rotatable bonds is 5. The van der Waals surface area contributed by atoms with E-state index in [0.717, 1.165) is 31.0 Å². The van der Waals surface area contributed by atoms with Gasteiger partial charge in [0.15, 0.2) is 10.9 Å². The molecular weight excluding hydrogens is 457 g/mol. The molecule has 4 rings (SSSR count). The van der Waals surface area contributed by atoms with E-state index in [-0.39, 0.29) is 23.6 Å². The Kier molecular flexibility index (Phi) is 6.50. The van der Waals surface area contributed by atoms with Crippen LogP contribution in [0, 0.1) is 6.92 Å². The number of pyridine rings is 1. The predicted molar refractivity (Wildman–Crippen MR) is 116 cm³/mol. The average Bonchev–Trinajstić information content (AvgIpc) is 3.32. The minimum absolute atomic E-state index is 0.158. The Morgan fingerprint density at radius 2 is 1.97 bits per heavy atom. The number of thiazole rings is 1. The smallest absolute Gasteiger partial charge is 0.373 e. The van der Waals surface area contributed by atoms with E-state index >= 15 is 0 Å². The number of anilines is 1. The SMILES string of the molecule is Cc1c(C(=O)Nc2nc(CN3CC(C)OC(C)C3)cs2)cnn1-c1ccc(C(F)(F)F)cn1. The van der Waals surface area contributed by atoms with Gasteiger partial charge in [0.25, 0.3) is 5.91 Å². The Morgan fingerprint density at radius 3 is 2.61 bits per heavy atom. The van der Waals surface area contributed by atoms with Crippen molar-refractivity contribution >= 4 is 22.4 Å². The van der Waals surface area contributed by atoms with Gasteiger partial charge in [-0.3, -0.25) is 15.0 Å². The highest BCUT2D eigenvalue weighted by Crippen LogP contribution is 2.29. The first-order chi connectivity index (χ1) is 15.6. The van der Waals surface area contributed by atoms with E-state index in [1.807, 2.05) is 19.2 Å². The summed E-state index contributed by atoms with van der Waals surface area (Å²) in [6.07, 6.45) is -2.06. The average molecular weight is 481 g/mol. The predicted octanol–water partition coefficient (Wildman–Crippen LogP) is 3.91. The van der Waals surface area contributed by atoms with E-state index in [0.29, 0.717) is 17.4 Å². The molecule has 0 aliphatic carbocycles. The third-order valence-electron chi connectivity index (χ3n) is 5.20. The van der Waals surface area contributed by atoms with Crippen molar-refractivity contribution in [3.8, 4) is 5.82 Å². The largest absolute Gasteiger partial charge is 0.417 e. The van der Waals surface area contributed by atoms with Crippen molar-refractivity contribution in [1.82, 2.24) is 24.6 Å². The second-order valence-corrected chi connectivity index (χ2v) is 8.87. The molecule has 3 aromatic heterocycles. The molecule has 8 nitrogen and oxygen atoms in total. The monoisotopic (exact) mass is 480 g/mol. The summed E-state index contributed by atoms with van der Waals surface area (Å²) in [7, 11) is 0. The molecule has 1 aliphatic heterocycles. The first-order valence-corrected chi connectivity index (χ1v) is 11.2. The molecule has 176 valence electrons. The number of ether oxygens (including phenoxy) is 1. The first-order valence-electron chi connectivity index (χ1n) is 10.3. The summed E-state index contributed by atoms with van der Waals surface area (Å²) in [5.74, 6) is -0.217. The lowest BCUT2D eigenvalue weighted by Crippen LogP contribution is -2.44. The van der Waals surface area contributed by atoms with Gasteiger partial charge in [0.05, 0.1) is 40.9 Å². The topological polar surface area (TPSA) is 85.2 Å². The van der Waals surface area contributed by atoms with Gasteiger partial charge in [0, 0.05) is 31.2 Å². The van der Waals surface area contributed by atoms with Crippen LogP contribution in [-0.2, 0) is 17.5 Å². The highest BCUT2D eigenvalue weighted by Gasteiger charge is 2.31. The summed E-state index contributed by atoms with van der Waals surface area (Å²) in [5.41, 5.74) is 0.740. The Balaban J connectivity index is 1.42. The maximum absolute atomic E-state index is 12.8. The molecular formula is C21H23F3N6O2S. The van der Waals surface area contributed by atoms with E-state index in [1.54, 1.807) is 6.92 Å². The summed E-state index contributed by atoms with van der Waals surface area (Å²) in [5, 5.41) is 9.25. The number of amides is 1. The molecule has 2 unspecified atom stereocenters. The van der Waals surface area contributed by atoms with Crippen molar-refractivity contribution in [1.29, 1.82) is 0 Å². The van der Waals surface area contributed by atoms with Crippen molar-refractivity contribution in [3.63, 3.8) is 0 Å². The first kappa shape index (κ1) is 23.3. The quantitative estimate of drug-likeness (QED) is 0.596. The fourth-order valence-electron chi connectivity index (χ4n) is 3.79. The molecule has 1 saturated heterocycles. The maximum atomic E-state index is 12.8. The molecule has 0 spiro atoms. The molecule has 4 heterocycles. The lowest BCUT2D eigenvalue weighted by molar-refractivity contribution is -0.137. The number of hydrogen-bond acceptors (Lipinski definition) is 7. The van der Waals surface area contributed by atoms with Crippen molar-refractivity contribution in [2.24, 2.45) is 0 Å². The highest BCUT2D eigenvalue weighted by atomic mass is 32.1. The van der Waals surface area contributed by atoms with E-state index in [4.69, 9.17) is 4.74 Å². The number of alkyl halides is 3. The molecule has 0 aromatic carbocycles. The van der Waals surface area contributed by atoms with Gasteiger partial charge in [-0.2, -0.15) is 18.3 Å². The third kappa shape index (κ3) is 5.40. The van der Waals surface area contributed by atoms with Gasteiger partial charge >= 0.3 is 6.18 Å². The minimum Gasteiger partial charge on any atom is -0.373 e. The van der Waals surface area contributed by atoms with Gasteiger partial charge in [-0.1, -0.05) is 0 Å². The number of morpholine rings is 1. The molecule has 0 saturated carbocycles. The minimum atomic E-state index is -4.47. The van der Waals surface area contributed by atoms with Crippen molar-refractivity contribution in [2.75, 3.05) is 18.4 Å². The van der Waals surface area contributed by atoms with Gasteiger partial charge in [0.2, 0.25) is 0 Å². The zero-order chi connectivity index (χ0) is 23.8. The number of nitrogens with one attached hydrogen (secondary N) is 1. The van der Waals surface area contributed by atoms with Crippen LogP contribution in [0.25, 0.3) is 5.82 Å². The lowest BCUT2D eigenvalue weighted by Gasteiger charge is -2.34. The van der Waals surface area contributed by atoms with Crippen molar-refractivity contribution in [3.05, 3.63) is 52.4 Å². The standard InChI is InChI=1S/C21H23F3N6O2S/c1-12-8-29(9-13(2)32-12)10-16-11-33-20(27-16)28-19(31)17-7-26-30(14(17)3)18-5-4-15(6-25-18)21(22,23)24/h4-7,11-13H,8-10H2,1-3H3,(H,27,28,31). The lowest BCUT2D eigenvalue weighted by atomic mass is 10.2. The zero-order valence-electron chi connectivity index (χ0n) is 18.3. The molecule has 1 N–H and O–H groups in total. The van der Waals surface area contributed by atoms with Crippen LogP contribution in [0.15, 0.2) is 29.9 Å². The molecule has 1 aliphatic rings. The summed E-state index contributed by atoms with van der Waals surface area (Å²) >= 11 is 1.33. The van der Waals surface area contributed by atoms with Crippen LogP contribution in [-0.4, -0.2) is 55.9 Å². The second kappa shape index (κ2) is 9.20. The van der Waals surface area contributed by atoms with Crippen LogP contribution in [0.5, 0.6) is 0 Å². The van der Waals surface area contributed by atoms with Gasteiger partial charge in [-0.25, -0.2) is 14.6 Å². The molecule has 12 heteroatoms. The molecule has 2 atom stereocenters. The fraction of sp³-hybridized carbons (Fsp3) is 0.429. The molecule has 3 aromatic rings. The van der Waals surface area contributed by atoms with Gasteiger partial charge in [-0.15, -0.1) is 11.3 Å². The molecule has 33 heavy (non-hydrogen) atoms. The maximum Gasteiger partial charge on any atom is 0.417 e. The van der Waals surface area contributed by atoms with Crippen LogP contribution >= 0.6 is 11.3 Å². The van der Waals surface area contributed by atoms with Crippen LogP contribution in [0.4, 0.5) is 18.3 Å². The number of carbonyl (C=O) groups excluding carboxylic acids is 1. The van der Waals surface area contributed by atoms with E-state index < -0.39 is 17.6 Å². The number of aromatic nitrogens is 4. The number of carbonyl (C=O) groups is 1. The van der Waals surface area contributed by atoms with Crippen LogP contribution < -0.4 is 5.32 Å². The van der Waals surface area contributed by atoms with Crippen molar-refractivity contribution in [2.45, 2.75) is 45.7 Å². The molecule has 1 amide bonds. The van der Waals surface area contributed by atoms with Crippen molar-refractivity contribution < 1.29 is 22.7 Å². The highest BCUT2D eigenvalue weighted by molar-refractivity contribution is 7.14. The summed E-state index contributed by atoms with van der Waals surface area (Å²) < 4.78 is 45.3. The second-order valence-electron chi connectivity index (χ2n) is 8.01. The zero-order valence-corrected chi connectivity index (χ0v) is 19.1. The fourth-order valence-corrected chi connectivity index (χ4v) is 4.48. The van der Waals surface area contributed by atoms with Crippen LogP contribution in [0.2, 0.25) is 0 Å². The third-order valence-corrected chi connectivity index (χ3v) is 6.01. The van der Waals surface area contributed by atoms with Gasteiger partial charge < -0.3 is 4.74 Å². The summed E-state index contributed by atoms with van der Waals surface area (Å²) in [6, 6.07) is 2.14. The number of halogens is 3. The summed E-state index contributed by atoms with van der Waals surface area (Å²) in [6.45, 7) is 8.03. The van der Waals surface area contributed by atoms with Gasteiger partial charge in [0.1, 0.15) is 0 Å². The molecule has 0 bridgehead atoms. The molecule has 1 fully saturated rings. The summed E-state index contributed by atoms with van der Waals surface area (Å²) in [4.78, 5) is 23.4. The normalized spacial score (nSPS) is 19.6. The van der Waals surface area contributed by atoms with E-state index in [1.165, 1.54) is 28.3 Å².